The maximum absolute atomic E-state index is 10.8. The fourth-order valence-electron chi connectivity index (χ4n) is 1.91. The van der Waals surface area contributed by atoms with Crippen LogP contribution in [-0.2, 0) is 0 Å². The Morgan fingerprint density at radius 3 is 2.47 bits per heavy atom. The highest BCUT2D eigenvalue weighted by atomic mass is 16.4. The lowest BCUT2D eigenvalue weighted by molar-refractivity contribution is 0.0689. The number of hydrogen-bond acceptors (Lipinski definition) is 4. The van der Waals surface area contributed by atoms with Crippen LogP contribution < -0.4 is 4.90 Å². The maximum atomic E-state index is 10.8. The molecule has 0 unspecified atom stereocenters. The van der Waals surface area contributed by atoms with Gasteiger partial charge >= 0.3 is 5.97 Å². The quantitative estimate of drug-likeness (QED) is 0.912. The van der Waals surface area contributed by atoms with Crippen molar-refractivity contribution in [2.45, 2.75) is 13.8 Å². The number of carboxylic acids is 1. The summed E-state index contributed by atoms with van der Waals surface area (Å²) < 4.78 is 0. The predicted molar refractivity (Wildman–Crippen MR) is 72.9 cm³/mol. The van der Waals surface area contributed by atoms with Crippen LogP contribution in [0, 0.1) is 6.92 Å². The van der Waals surface area contributed by atoms with Gasteiger partial charge in [-0.3, -0.25) is 0 Å². The van der Waals surface area contributed by atoms with Gasteiger partial charge in [-0.05, 0) is 37.6 Å². The standard InChI is InChI=1S/C14H15N3O2/c1-3-17(12-7-5-4-6-10(12)2)13-9-8-11(14(18)19)15-16-13/h4-9H,3H2,1-2H3,(H,18,19). The lowest BCUT2D eigenvalue weighted by Gasteiger charge is -2.23. The van der Waals surface area contributed by atoms with Crippen LogP contribution in [0.5, 0.6) is 0 Å². The summed E-state index contributed by atoms with van der Waals surface area (Å²) in [6.07, 6.45) is 0. The van der Waals surface area contributed by atoms with E-state index in [1.165, 1.54) is 6.07 Å². The molecule has 1 aromatic carbocycles. The zero-order chi connectivity index (χ0) is 13.8. The Morgan fingerprint density at radius 2 is 1.95 bits per heavy atom. The molecular weight excluding hydrogens is 242 g/mol. The molecule has 0 bridgehead atoms. The van der Waals surface area contributed by atoms with E-state index < -0.39 is 5.97 Å². The summed E-state index contributed by atoms with van der Waals surface area (Å²) in [6.45, 7) is 4.77. The van der Waals surface area contributed by atoms with Gasteiger partial charge in [0.25, 0.3) is 0 Å². The molecule has 0 aliphatic rings. The van der Waals surface area contributed by atoms with E-state index in [1.807, 2.05) is 43.0 Å². The first-order valence-corrected chi connectivity index (χ1v) is 6.03. The molecule has 0 radical (unpaired) electrons. The second kappa shape index (κ2) is 5.48. The molecule has 1 aromatic heterocycles. The van der Waals surface area contributed by atoms with Gasteiger partial charge in [-0.2, -0.15) is 0 Å². The third-order valence-electron chi connectivity index (χ3n) is 2.87. The SMILES string of the molecule is CCN(c1ccc(C(=O)O)nn1)c1ccccc1C. The molecular formula is C14H15N3O2. The van der Waals surface area contributed by atoms with Crippen molar-refractivity contribution in [3.8, 4) is 0 Å². The first kappa shape index (κ1) is 13.0. The number of aryl methyl sites for hydroxylation is 1. The molecule has 0 spiro atoms. The number of carbonyl (C=O) groups is 1. The lowest BCUT2D eigenvalue weighted by atomic mass is 10.2. The van der Waals surface area contributed by atoms with Crippen molar-refractivity contribution in [1.82, 2.24) is 10.2 Å². The number of para-hydroxylation sites is 1. The van der Waals surface area contributed by atoms with Crippen molar-refractivity contribution in [3.05, 3.63) is 47.7 Å². The number of anilines is 2. The number of aromatic carboxylic acids is 1. The fourth-order valence-corrected chi connectivity index (χ4v) is 1.91. The Hall–Kier alpha value is -2.43. The average molecular weight is 257 g/mol. The normalized spacial score (nSPS) is 10.2. The molecule has 0 aliphatic heterocycles. The Kier molecular flexibility index (Phi) is 3.75. The van der Waals surface area contributed by atoms with E-state index in [0.717, 1.165) is 17.8 Å². The Morgan fingerprint density at radius 1 is 1.21 bits per heavy atom. The van der Waals surface area contributed by atoms with Gasteiger partial charge in [-0.1, -0.05) is 18.2 Å². The molecule has 5 nitrogen and oxygen atoms in total. The van der Waals surface area contributed by atoms with Gasteiger partial charge < -0.3 is 10.0 Å². The van der Waals surface area contributed by atoms with Crippen molar-refractivity contribution in [3.63, 3.8) is 0 Å². The summed E-state index contributed by atoms with van der Waals surface area (Å²) in [4.78, 5) is 12.8. The minimum Gasteiger partial charge on any atom is -0.476 e. The first-order chi connectivity index (χ1) is 9.13. The highest BCUT2D eigenvalue weighted by molar-refractivity contribution is 5.85. The van der Waals surface area contributed by atoms with Crippen LogP contribution in [0.25, 0.3) is 0 Å². The van der Waals surface area contributed by atoms with Crippen molar-refractivity contribution in [2.75, 3.05) is 11.4 Å². The Labute approximate surface area is 111 Å². The summed E-state index contributed by atoms with van der Waals surface area (Å²) in [7, 11) is 0. The Bertz CT molecular complexity index is 581. The van der Waals surface area contributed by atoms with Gasteiger partial charge in [0.05, 0.1) is 0 Å². The van der Waals surface area contributed by atoms with E-state index in [9.17, 15) is 4.79 Å². The van der Waals surface area contributed by atoms with Crippen LogP contribution in [0.15, 0.2) is 36.4 Å². The van der Waals surface area contributed by atoms with E-state index in [1.54, 1.807) is 6.07 Å². The molecule has 1 heterocycles. The molecule has 2 rings (SSSR count). The van der Waals surface area contributed by atoms with Crippen LogP contribution in [0.2, 0.25) is 0 Å². The van der Waals surface area contributed by atoms with Crippen LogP contribution >= 0.6 is 0 Å². The Balaban J connectivity index is 2.37. The summed E-state index contributed by atoms with van der Waals surface area (Å²) in [5, 5.41) is 16.5. The van der Waals surface area contributed by atoms with Crippen LogP contribution in [0.1, 0.15) is 23.0 Å². The molecule has 5 heteroatoms. The van der Waals surface area contributed by atoms with Crippen molar-refractivity contribution >= 4 is 17.5 Å². The molecule has 19 heavy (non-hydrogen) atoms. The minimum absolute atomic E-state index is 0.0513. The van der Waals surface area contributed by atoms with E-state index in [2.05, 4.69) is 10.2 Å². The number of carboxylic acid groups (broad SMARTS) is 1. The third-order valence-corrected chi connectivity index (χ3v) is 2.87. The molecule has 0 atom stereocenters. The molecule has 0 aliphatic carbocycles. The predicted octanol–water partition coefficient (Wildman–Crippen LogP) is 2.64. The molecule has 1 N–H and O–H groups in total. The highest BCUT2D eigenvalue weighted by Gasteiger charge is 2.12. The van der Waals surface area contributed by atoms with E-state index in [0.29, 0.717) is 5.82 Å². The molecule has 2 aromatic rings. The third kappa shape index (κ3) is 2.70. The van der Waals surface area contributed by atoms with Crippen LogP contribution in [0.3, 0.4) is 0 Å². The molecule has 0 saturated heterocycles. The van der Waals surface area contributed by atoms with Crippen molar-refractivity contribution in [1.29, 1.82) is 0 Å². The first-order valence-electron chi connectivity index (χ1n) is 6.03. The van der Waals surface area contributed by atoms with Crippen LogP contribution in [0.4, 0.5) is 11.5 Å². The number of hydrogen-bond donors (Lipinski definition) is 1. The maximum Gasteiger partial charge on any atom is 0.356 e. The van der Waals surface area contributed by atoms with Crippen LogP contribution in [-0.4, -0.2) is 27.8 Å². The van der Waals surface area contributed by atoms with E-state index >= 15 is 0 Å². The van der Waals surface area contributed by atoms with Gasteiger partial charge in [0, 0.05) is 12.2 Å². The summed E-state index contributed by atoms with van der Waals surface area (Å²) >= 11 is 0. The second-order valence-corrected chi connectivity index (χ2v) is 4.11. The number of aromatic nitrogens is 2. The average Bonchev–Trinajstić information content (AvgIpc) is 2.42. The molecule has 0 fully saturated rings. The van der Waals surface area contributed by atoms with Crippen molar-refractivity contribution in [2.24, 2.45) is 0 Å². The van der Waals surface area contributed by atoms with E-state index in [-0.39, 0.29) is 5.69 Å². The zero-order valence-electron chi connectivity index (χ0n) is 10.9. The second-order valence-electron chi connectivity index (χ2n) is 4.11. The smallest absolute Gasteiger partial charge is 0.356 e. The summed E-state index contributed by atoms with van der Waals surface area (Å²) in [5.74, 6) is -0.431. The molecule has 98 valence electrons. The van der Waals surface area contributed by atoms with Gasteiger partial charge in [0.2, 0.25) is 0 Å². The monoisotopic (exact) mass is 257 g/mol. The molecule has 0 saturated carbocycles. The lowest BCUT2D eigenvalue weighted by Crippen LogP contribution is -2.19. The highest BCUT2D eigenvalue weighted by Crippen LogP contribution is 2.25. The van der Waals surface area contributed by atoms with Gasteiger partial charge in [0.1, 0.15) is 0 Å². The van der Waals surface area contributed by atoms with E-state index in [4.69, 9.17) is 5.11 Å². The fraction of sp³-hybridized carbons (Fsp3) is 0.214. The summed E-state index contributed by atoms with van der Waals surface area (Å²) in [5.41, 5.74) is 2.13. The number of nitrogens with zero attached hydrogens (tertiary/aromatic N) is 3. The topological polar surface area (TPSA) is 66.3 Å². The van der Waals surface area contributed by atoms with Gasteiger partial charge in [0.15, 0.2) is 11.5 Å². The summed E-state index contributed by atoms with van der Waals surface area (Å²) in [6, 6.07) is 11.1. The number of benzene rings is 1. The molecule has 0 amide bonds. The van der Waals surface area contributed by atoms with Crippen molar-refractivity contribution < 1.29 is 9.90 Å². The largest absolute Gasteiger partial charge is 0.476 e. The van der Waals surface area contributed by atoms with Gasteiger partial charge in [-0.15, -0.1) is 10.2 Å². The van der Waals surface area contributed by atoms with Gasteiger partial charge in [-0.25, -0.2) is 4.79 Å². The number of rotatable bonds is 4. The minimum atomic E-state index is -1.07. The zero-order valence-corrected chi connectivity index (χ0v) is 10.9.